The molecule has 2 aliphatic carbocycles. The summed E-state index contributed by atoms with van der Waals surface area (Å²) in [5.74, 6) is 0.702. The molecule has 0 aromatic rings. The number of methoxy groups -OCH3 is 1. The van der Waals surface area contributed by atoms with Gasteiger partial charge in [0.15, 0.2) is 0 Å². The standard InChI is InChI=1S/C16H30N2O3/c1-4-17-16(15(19)20-3)8-7-14(11-16)18(2)9-10-21-12-13-5-6-13/h13-14,17H,4-12H2,1-3H3. The number of esters is 1. The Labute approximate surface area is 128 Å². The summed E-state index contributed by atoms with van der Waals surface area (Å²) in [6, 6.07) is 0.424. The lowest BCUT2D eigenvalue weighted by atomic mass is 9.97. The molecule has 2 atom stereocenters. The Bertz CT molecular complexity index is 346. The number of ether oxygens (including phenoxy) is 2. The summed E-state index contributed by atoms with van der Waals surface area (Å²) in [6.45, 7) is 5.46. The minimum absolute atomic E-state index is 0.120. The van der Waals surface area contributed by atoms with E-state index < -0.39 is 5.54 Å². The Balaban J connectivity index is 1.76. The minimum Gasteiger partial charge on any atom is -0.468 e. The van der Waals surface area contributed by atoms with Crippen LogP contribution in [0.5, 0.6) is 0 Å². The second kappa shape index (κ2) is 7.56. The molecule has 122 valence electrons. The van der Waals surface area contributed by atoms with E-state index in [1.54, 1.807) is 0 Å². The summed E-state index contributed by atoms with van der Waals surface area (Å²) in [7, 11) is 3.61. The SMILES string of the molecule is CCNC1(C(=O)OC)CCC(N(C)CCOCC2CC2)C1. The Hall–Kier alpha value is -0.650. The maximum Gasteiger partial charge on any atom is 0.326 e. The number of nitrogens with one attached hydrogen (secondary N) is 1. The molecule has 2 aliphatic rings. The Morgan fingerprint density at radius 2 is 2.14 bits per heavy atom. The highest BCUT2D eigenvalue weighted by atomic mass is 16.5. The van der Waals surface area contributed by atoms with Gasteiger partial charge in [0.05, 0.1) is 13.7 Å². The van der Waals surface area contributed by atoms with Gasteiger partial charge in [0.25, 0.3) is 0 Å². The second-order valence-electron chi connectivity index (χ2n) is 6.50. The van der Waals surface area contributed by atoms with E-state index in [-0.39, 0.29) is 5.97 Å². The van der Waals surface area contributed by atoms with Crippen LogP contribution in [0.1, 0.15) is 39.0 Å². The van der Waals surface area contributed by atoms with Crippen molar-refractivity contribution in [2.75, 3.05) is 40.5 Å². The first-order valence-corrected chi connectivity index (χ1v) is 8.22. The van der Waals surface area contributed by atoms with E-state index >= 15 is 0 Å². The van der Waals surface area contributed by atoms with Crippen molar-refractivity contribution in [3.05, 3.63) is 0 Å². The van der Waals surface area contributed by atoms with Crippen LogP contribution in [0.4, 0.5) is 0 Å². The minimum atomic E-state index is -0.489. The zero-order valence-electron chi connectivity index (χ0n) is 13.7. The molecule has 2 rings (SSSR count). The van der Waals surface area contributed by atoms with Crippen LogP contribution < -0.4 is 5.32 Å². The Morgan fingerprint density at radius 1 is 1.38 bits per heavy atom. The maximum atomic E-state index is 12.1. The van der Waals surface area contributed by atoms with E-state index in [1.165, 1.54) is 20.0 Å². The van der Waals surface area contributed by atoms with Crippen LogP contribution in [-0.2, 0) is 14.3 Å². The summed E-state index contributed by atoms with van der Waals surface area (Å²) in [6.07, 6.45) is 5.38. The third kappa shape index (κ3) is 4.41. The topological polar surface area (TPSA) is 50.8 Å². The van der Waals surface area contributed by atoms with Crippen molar-refractivity contribution in [2.45, 2.75) is 50.6 Å². The van der Waals surface area contributed by atoms with Crippen LogP contribution in [-0.4, -0.2) is 62.9 Å². The van der Waals surface area contributed by atoms with Crippen molar-refractivity contribution in [1.29, 1.82) is 0 Å². The molecule has 5 nitrogen and oxygen atoms in total. The number of nitrogens with zero attached hydrogens (tertiary/aromatic N) is 1. The molecule has 0 spiro atoms. The fourth-order valence-electron chi connectivity index (χ4n) is 3.27. The predicted octanol–water partition coefficient (Wildman–Crippen LogP) is 1.42. The largest absolute Gasteiger partial charge is 0.468 e. The maximum absolute atomic E-state index is 12.1. The van der Waals surface area contributed by atoms with Gasteiger partial charge in [-0.1, -0.05) is 6.92 Å². The van der Waals surface area contributed by atoms with Gasteiger partial charge in [0, 0.05) is 19.2 Å². The van der Waals surface area contributed by atoms with Crippen LogP contribution in [0.25, 0.3) is 0 Å². The quantitative estimate of drug-likeness (QED) is 0.515. The second-order valence-corrected chi connectivity index (χ2v) is 6.50. The number of likely N-dealkylation sites (N-methyl/N-ethyl adjacent to an activating group) is 2. The number of carbonyl (C=O) groups excluding carboxylic acids is 1. The molecule has 0 saturated heterocycles. The average Bonchev–Trinajstić information content (AvgIpc) is 3.21. The molecule has 2 unspecified atom stereocenters. The van der Waals surface area contributed by atoms with E-state index in [0.29, 0.717) is 6.04 Å². The number of rotatable bonds is 9. The fraction of sp³-hybridized carbons (Fsp3) is 0.938. The highest BCUT2D eigenvalue weighted by Crippen LogP contribution is 2.34. The molecule has 0 aromatic heterocycles. The predicted molar refractivity (Wildman–Crippen MR) is 82.2 cm³/mol. The lowest BCUT2D eigenvalue weighted by Gasteiger charge is -2.29. The van der Waals surface area contributed by atoms with Crippen molar-refractivity contribution >= 4 is 5.97 Å². The van der Waals surface area contributed by atoms with Gasteiger partial charge in [-0.15, -0.1) is 0 Å². The van der Waals surface area contributed by atoms with Gasteiger partial charge in [-0.25, -0.2) is 0 Å². The summed E-state index contributed by atoms with van der Waals surface area (Å²) in [5, 5.41) is 3.35. The fourth-order valence-corrected chi connectivity index (χ4v) is 3.27. The Morgan fingerprint density at radius 3 is 2.76 bits per heavy atom. The zero-order valence-corrected chi connectivity index (χ0v) is 13.7. The first-order chi connectivity index (χ1) is 10.1. The van der Waals surface area contributed by atoms with E-state index in [1.807, 2.05) is 6.92 Å². The monoisotopic (exact) mass is 298 g/mol. The summed E-state index contributed by atoms with van der Waals surface area (Å²) in [5.41, 5.74) is -0.489. The average molecular weight is 298 g/mol. The molecule has 1 N–H and O–H groups in total. The van der Waals surface area contributed by atoms with E-state index in [9.17, 15) is 4.79 Å². The first kappa shape index (κ1) is 16.7. The lowest BCUT2D eigenvalue weighted by Crippen LogP contribution is -2.51. The van der Waals surface area contributed by atoms with Gasteiger partial charge < -0.3 is 19.7 Å². The van der Waals surface area contributed by atoms with Crippen molar-refractivity contribution in [1.82, 2.24) is 10.2 Å². The zero-order chi connectivity index (χ0) is 15.3. The van der Waals surface area contributed by atoms with Crippen molar-refractivity contribution in [3.8, 4) is 0 Å². The summed E-state index contributed by atoms with van der Waals surface area (Å²) >= 11 is 0. The van der Waals surface area contributed by atoms with Gasteiger partial charge in [-0.05, 0) is 51.6 Å². The van der Waals surface area contributed by atoms with Crippen LogP contribution in [0, 0.1) is 5.92 Å². The summed E-state index contributed by atoms with van der Waals surface area (Å²) < 4.78 is 10.7. The molecule has 0 aromatic carbocycles. The highest BCUT2D eigenvalue weighted by molar-refractivity contribution is 5.81. The molecule has 0 bridgehead atoms. The number of hydrogen-bond acceptors (Lipinski definition) is 5. The molecule has 21 heavy (non-hydrogen) atoms. The number of hydrogen-bond donors (Lipinski definition) is 1. The first-order valence-electron chi connectivity index (χ1n) is 8.22. The van der Waals surface area contributed by atoms with Gasteiger partial charge in [-0.2, -0.15) is 0 Å². The molecule has 0 heterocycles. The van der Waals surface area contributed by atoms with Crippen LogP contribution in [0.15, 0.2) is 0 Å². The molecular formula is C16H30N2O3. The molecule has 2 fully saturated rings. The third-order valence-corrected chi connectivity index (χ3v) is 4.84. The van der Waals surface area contributed by atoms with Crippen LogP contribution >= 0.6 is 0 Å². The van der Waals surface area contributed by atoms with Crippen LogP contribution in [0.3, 0.4) is 0 Å². The van der Waals surface area contributed by atoms with Gasteiger partial charge in [-0.3, -0.25) is 4.79 Å². The lowest BCUT2D eigenvalue weighted by molar-refractivity contribution is -0.148. The van der Waals surface area contributed by atoms with Crippen LogP contribution in [0.2, 0.25) is 0 Å². The molecule has 0 radical (unpaired) electrons. The molecule has 0 amide bonds. The van der Waals surface area contributed by atoms with Gasteiger partial charge in [0.2, 0.25) is 0 Å². The van der Waals surface area contributed by atoms with E-state index in [4.69, 9.17) is 9.47 Å². The summed E-state index contributed by atoms with van der Waals surface area (Å²) in [4.78, 5) is 14.4. The Kier molecular flexibility index (Phi) is 6.02. The van der Waals surface area contributed by atoms with Gasteiger partial charge in [0.1, 0.15) is 5.54 Å². The molecule has 2 saturated carbocycles. The normalized spacial score (nSPS) is 29.0. The molecule has 5 heteroatoms. The van der Waals surface area contributed by atoms with E-state index in [0.717, 1.165) is 51.5 Å². The van der Waals surface area contributed by atoms with Crippen molar-refractivity contribution in [3.63, 3.8) is 0 Å². The molecular weight excluding hydrogens is 268 g/mol. The number of carbonyl (C=O) groups is 1. The molecule has 0 aliphatic heterocycles. The van der Waals surface area contributed by atoms with E-state index in [2.05, 4.69) is 17.3 Å². The van der Waals surface area contributed by atoms with Crippen molar-refractivity contribution < 1.29 is 14.3 Å². The van der Waals surface area contributed by atoms with Gasteiger partial charge >= 0.3 is 5.97 Å². The van der Waals surface area contributed by atoms with Crippen molar-refractivity contribution in [2.24, 2.45) is 5.92 Å². The smallest absolute Gasteiger partial charge is 0.326 e. The highest BCUT2D eigenvalue weighted by Gasteiger charge is 2.46. The third-order valence-electron chi connectivity index (χ3n) is 4.84.